The fourth-order valence-electron chi connectivity index (χ4n) is 2.72. The third-order valence-corrected chi connectivity index (χ3v) is 4.04. The molecule has 0 bridgehead atoms. The van der Waals surface area contributed by atoms with Crippen LogP contribution >= 0.6 is 12.4 Å². The molecule has 2 amide bonds. The molecular weight excluding hydrogens is 330 g/mol. The SMILES string of the molecule is COCC(N)C(=O)NC1CCN(C(=O)CCc2ccccc2)C1.Cl. The third kappa shape index (κ3) is 6.11. The van der Waals surface area contributed by atoms with Gasteiger partial charge in [0.25, 0.3) is 0 Å². The van der Waals surface area contributed by atoms with E-state index in [1.165, 1.54) is 7.11 Å². The molecule has 1 aromatic carbocycles. The summed E-state index contributed by atoms with van der Waals surface area (Å²) in [7, 11) is 1.51. The topological polar surface area (TPSA) is 84.7 Å². The second-order valence-corrected chi connectivity index (χ2v) is 5.88. The van der Waals surface area contributed by atoms with Gasteiger partial charge in [0.15, 0.2) is 0 Å². The molecule has 3 N–H and O–H groups in total. The van der Waals surface area contributed by atoms with E-state index in [0.717, 1.165) is 18.4 Å². The predicted octanol–water partition coefficient (Wildman–Crippen LogP) is 0.732. The van der Waals surface area contributed by atoms with Crippen molar-refractivity contribution in [3.05, 3.63) is 35.9 Å². The van der Waals surface area contributed by atoms with E-state index in [2.05, 4.69) is 5.32 Å². The van der Waals surface area contributed by atoms with Gasteiger partial charge in [-0.15, -0.1) is 12.4 Å². The number of ether oxygens (including phenoxy) is 1. The number of hydrogen-bond donors (Lipinski definition) is 2. The van der Waals surface area contributed by atoms with Crippen LogP contribution in [0.5, 0.6) is 0 Å². The number of halogens is 1. The molecule has 2 rings (SSSR count). The molecule has 1 aliphatic heterocycles. The highest BCUT2D eigenvalue weighted by molar-refractivity contribution is 5.85. The average Bonchev–Trinajstić information content (AvgIpc) is 3.02. The summed E-state index contributed by atoms with van der Waals surface area (Å²) in [5.74, 6) is -0.0952. The van der Waals surface area contributed by atoms with Crippen LogP contribution in [-0.4, -0.2) is 55.6 Å². The molecule has 6 nitrogen and oxygen atoms in total. The molecule has 24 heavy (non-hydrogen) atoms. The highest BCUT2D eigenvalue weighted by atomic mass is 35.5. The summed E-state index contributed by atoms with van der Waals surface area (Å²) in [4.78, 5) is 25.9. The Kier molecular flexibility index (Phi) is 8.74. The van der Waals surface area contributed by atoms with Gasteiger partial charge in [-0.05, 0) is 18.4 Å². The van der Waals surface area contributed by atoms with Crippen molar-refractivity contribution >= 4 is 24.2 Å². The fraction of sp³-hybridized carbons (Fsp3) is 0.529. The van der Waals surface area contributed by atoms with Crippen LogP contribution in [0.1, 0.15) is 18.4 Å². The van der Waals surface area contributed by atoms with E-state index in [1.807, 2.05) is 35.2 Å². The number of amides is 2. The van der Waals surface area contributed by atoms with E-state index in [4.69, 9.17) is 10.5 Å². The van der Waals surface area contributed by atoms with Crippen LogP contribution in [0.4, 0.5) is 0 Å². The van der Waals surface area contributed by atoms with Crippen molar-refractivity contribution in [3.63, 3.8) is 0 Å². The zero-order valence-corrected chi connectivity index (χ0v) is 14.8. The number of hydrogen-bond acceptors (Lipinski definition) is 4. The molecule has 7 heteroatoms. The molecule has 1 aliphatic rings. The van der Waals surface area contributed by atoms with Crippen molar-refractivity contribution in [1.29, 1.82) is 0 Å². The van der Waals surface area contributed by atoms with Crippen molar-refractivity contribution in [2.75, 3.05) is 26.8 Å². The highest BCUT2D eigenvalue weighted by Crippen LogP contribution is 2.12. The lowest BCUT2D eigenvalue weighted by molar-refractivity contribution is -0.130. The molecule has 0 radical (unpaired) electrons. The first-order valence-corrected chi connectivity index (χ1v) is 7.96. The number of nitrogens with zero attached hydrogens (tertiary/aromatic N) is 1. The van der Waals surface area contributed by atoms with Gasteiger partial charge in [0.05, 0.1) is 6.61 Å². The zero-order valence-electron chi connectivity index (χ0n) is 13.9. The lowest BCUT2D eigenvalue weighted by Gasteiger charge is -2.18. The number of carbonyl (C=O) groups excluding carboxylic acids is 2. The largest absolute Gasteiger partial charge is 0.383 e. The number of likely N-dealkylation sites (tertiary alicyclic amines) is 1. The molecule has 2 unspecified atom stereocenters. The second kappa shape index (κ2) is 10.3. The molecule has 1 fully saturated rings. The van der Waals surface area contributed by atoms with E-state index in [1.54, 1.807) is 0 Å². The standard InChI is InChI=1S/C17H25N3O3.ClH/c1-23-12-15(18)17(22)19-14-9-10-20(11-14)16(21)8-7-13-5-3-2-4-6-13;/h2-6,14-15H,7-12,18H2,1H3,(H,19,22);1H. The number of carbonyl (C=O) groups is 2. The minimum atomic E-state index is -0.664. The maximum absolute atomic E-state index is 12.3. The van der Waals surface area contributed by atoms with Gasteiger partial charge in [-0.3, -0.25) is 9.59 Å². The number of nitrogens with two attached hydrogens (primary N) is 1. The van der Waals surface area contributed by atoms with Crippen LogP contribution in [0.15, 0.2) is 30.3 Å². The van der Waals surface area contributed by atoms with Crippen LogP contribution in [0.3, 0.4) is 0 Å². The molecule has 0 aliphatic carbocycles. The van der Waals surface area contributed by atoms with Crippen LogP contribution in [-0.2, 0) is 20.7 Å². The molecule has 134 valence electrons. The molecule has 0 saturated carbocycles. The normalized spacial score (nSPS) is 17.9. The van der Waals surface area contributed by atoms with Crippen molar-refractivity contribution < 1.29 is 14.3 Å². The highest BCUT2D eigenvalue weighted by Gasteiger charge is 2.28. The number of benzene rings is 1. The Labute approximate surface area is 149 Å². The van der Waals surface area contributed by atoms with Gasteiger partial charge in [-0.25, -0.2) is 0 Å². The van der Waals surface area contributed by atoms with Gasteiger partial charge < -0.3 is 20.7 Å². The lowest BCUT2D eigenvalue weighted by atomic mass is 10.1. The van der Waals surface area contributed by atoms with Gasteiger partial charge in [0.2, 0.25) is 11.8 Å². The van der Waals surface area contributed by atoms with Gasteiger partial charge in [0.1, 0.15) is 6.04 Å². The first kappa shape index (κ1) is 20.4. The summed E-state index contributed by atoms with van der Waals surface area (Å²) in [5, 5.41) is 2.88. The summed E-state index contributed by atoms with van der Waals surface area (Å²) < 4.78 is 4.87. The predicted molar refractivity (Wildman–Crippen MR) is 95.0 cm³/mol. The molecular formula is C17H26ClN3O3. The molecule has 1 saturated heterocycles. The van der Waals surface area contributed by atoms with Crippen LogP contribution in [0.2, 0.25) is 0 Å². The lowest BCUT2D eigenvalue weighted by Crippen LogP contribution is -2.48. The number of aryl methyl sites for hydroxylation is 1. The Hall–Kier alpha value is -1.63. The Morgan fingerprint density at radius 2 is 2.08 bits per heavy atom. The first-order chi connectivity index (χ1) is 11.1. The molecule has 1 aromatic rings. The van der Waals surface area contributed by atoms with Crippen LogP contribution < -0.4 is 11.1 Å². The number of rotatable bonds is 7. The summed E-state index contributed by atoms with van der Waals surface area (Å²) in [6.07, 6.45) is 2.00. The summed E-state index contributed by atoms with van der Waals surface area (Å²) >= 11 is 0. The van der Waals surface area contributed by atoms with Crippen LogP contribution in [0, 0.1) is 0 Å². The van der Waals surface area contributed by atoms with Gasteiger partial charge >= 0.3 is 0 Å². The monoisotopic (exact) mass is 355 g/mol. The zero-order chi connectivity index (χ0) is 16.7. The summed E-state index contributed by atoms with van der Waals surface area (Å²) in [6.45, 7) is 1.43. The molecule has 1 heterocycles. The van der Waals surface area contributed by atoms with Crippen molar-refractivity contribution in [2.24, 2.45) is 5.73 Å². The average molecular weight is 356 g/mol. The maximum Gasteiger partial charge on any atom is 0.239 e. The first-order valence-electron chi connectivity index (χ1n) is 7.96. The third-order valence-electron chi connectivity index (χ3n) is 4.04. The Morgan fingerprint density at radius 3 is 2.75 bits per heavy atom. The minimum absolute atomic E-state index is 0. The van der Waals surface area contributed by atoms with E-state index in [0.29, 0.717) is 19.5 Å². The maximum atomic E-state index is 12.3. The Bertz CT molecular complexity index is 527. The fourth-order valence-corrected chi connectivity index (χ4v) is 2.72. The smallest absolute Gasteiger partial charge is 0.239 e. The van der Waals surface area contributed by atoms with Gasteiger partial charge in [-0.2, -0.15) is 0 Å². The summed E-state index contributed by atoms with van der Waals surface area (Å²) in [6, 6.07) is 9.28. The van der Waals surface area contributed by atoms with Crippen LogP contribution in [0.25, 0.3) is 0 Å². The van der Waals surface area contributed by atoms with Crippen molar-refractivity contribution in [2.45, 2.75) is 31.3 Å². The van der Waals surface area contributed by atoms with E-state index >= 15 is 0 Å². The van der Waals surface area contributed by atoms with Gasteiger partial charge in [-0.1, -0.05) is 30.3 Å². The second-order valence-electron chi connectivity index (χ2n) is 5.88. The summed E-state index contributed by atoms with van der Waals surface area (Å²) in [5.41, 5.74) is 6.86. The molecule has 2 atom stereocenters. The van der Waals surface area contributed by atoms with E-state index < -0.39 is 6.04 Å². The van der Waals surface area contributed by atoms with Crippen molar-refractivity contribution in [1.82, 2.24) is 10.2 Å². The molecule has 0 aromatic heterocycles. The van der Waals surface area contributed by atoms with E-state index in [9.17, 15) is 9.59 Å². The number of nitrogens with one attached hydrogen (secondary N) is 1. The Balaban J connectivity index is 0.00000288. The van der Waals surface area contributed by atoms with E-state index in [-0.39, 0.29) is 36.9 Å². The molecule has 0 spiro atoms. The minimum Gasteiger partial charge on any atom is -0.383 e. The number of methoxy groups -OCH3 is 1. The quantitative estimate of drug-likeness (QED) is 0.755. The van der Waals surface area contributed by atoms with Crippen molar-refractivity contribution in [3.8, 4) is 0 Å². The van der Waals surface area contributed by atoms with Gasteiger partial charge in [0, 0.05) is 32.7 Å². The Morgan fingerprint density at radius 1 is 1.38 bits per heavy atom.